The Labute approximate surface area is 103 Å². The molecule has 18 heavy (non-hydrogen) atoms. The van der Waals surface area contributed by atoms with Gasteiger partial charge in [-0.3, -0.25) is 15.1 Å². The number of carbonyl (C=O) groups excluding carboxylic acids is 1. The first-order valence-electron chi connectivity index (χ1n) is 5.88. The topological polar surface area (TPSA) is 80.9 Å². The average Bonchev–Trinajstić information content (AvgIpc) is 2.76. The van der Waals surface area contributed by atoms with Crippen molar-refractivity contribution in [3.05, 3.63) is 24.5 Å². The predicted molar refractivity (Wildman–Crippen MR) is 63.5 cm³/mol. The smallest absolute Gasteiger partial charge is 0.322 e. The third-order valence-electron chi connectivity index (χ3n) is 3.04. The summed E-state index contributed by atoms with van der Waals surface area (Å²) < 4.78 is 5.36. The van der Waals surface area contributed by atoms with Crippen LogP contribution in [0.15, 0.2) is 28.9 Å². The Morgan fingerprint density at radius 1 is 1.39 bits per heavy atom. The van der Waals surface area contributed by atoms with Crippen LogP contribution in [0.4, 0.5) is 6.01 Å². The van der Waals surface area contributed by atoms with Gasteiger partial charge in [0.05, 0.1) is 5.56 Å². The summed E-state index contributed by atoms with van der Waals surface area (Å²) in [5, 5.41) is 10.3. The van der Waals surface area contributed by atoms with Crippen molar-refractivity contribution in [1.82, 2.24) is 15.2 Å². The molecule has 2 aromatic rings. The Morgan fingerprint density at radius 2 is 2.28 bits per heavy atom. The van der Waals surface area contributed by atoms with Crippen LogP contribution >= 0.6 is 0 Å². The zero-order valence-electron chi connectivity index (χ0n) is 9.67. The van der Waals surface area contributed by atoms with Gasteiger partial charge in [0.25, 0.3) is 5.89 Å². The van der Waals surface area contributed by atoms with Crippen molar-refractivity contribution in [2.45, 2.75) is 19.3 Å². The van der Waals surface area contributed by atoms with E-state index in [4.69, 9.17) is 4.42 Å². The number of carbonyl (C=O) groups is 1. The fourth-order valence-corrected chi connectivity index (χ4v) is 1.76. The molecule has 0 saturated heterocycles. The van der Waals surface area contributed by atoms with Crippen LogP contribution in [0, 0.1) is 5.92 Å². The Morgan fingerprint density at radius 3 is 2.94 bits per heavy atom. The Bertz CT molecular complexity index is 548. The molecule has 0 bridgehead atoms. The highest BCUT2D eigenvalue weighted by molar-refractivity contribution is 5.91. The summed E-state index contributed by atoms with van der Waals surface area (Å²) in [6, 6.07) is 3.75. The minimum Gasteiger partial charge on any atom is -0.403 e. The van der Waals surface area contributed by atoms with Gasteiger partial charge in [-0.2, -0.15) is 0 Å². The molecule has 1 saturated carbocycles. The first-order valence-corrected chi connectivity index (χ1v) is 5.88. The highest BCUT2D eigenvalue weighted by atomic mass is 16.4. The number of amides is 1. The molecule has 2 heterocycles. The second kappa shape index (κ2) is 4.56. The number of nitrogens with zero attached hydrogens (tertiary/aromatic N) is 3. The quantitative estimate of drug-likeness (QED) is 0.891. The molecule has 0 atom stereocenters. The zero-order valence-corrected chi connectivity index (χ0v) is 9.67. The van der Waals surface area contributed by atoms with Crippen LogP contribution in [-0.4, -0.2) is 21.1 Å². The molecule has 0 unspecified atom stereocenters. The number of hydrogen-bond acceptors (Lipinski definition) is 5. The van der Waals surface area contributed by atoms with Crippen LogP contribution in [-0.2, 0) is 4.79 Å². The summed E-state index contributed by atoms with van der Waals surface area (Å²) in [7, 11) is 0. The lowest BCUT2D eigenvalue weighted by molar-refractivity contribution is -0.122. The molecule has 0 aromatic carbocycles. The number of pyridine rings is 1. The maximum Gasteiger partial charge on any atom is 0.322 e. The molecule has 92 valence electrons. The van der Waals surface area contributed by atoms with Gasteiger partial charge in [0, 0.05) is 18.3 Å². The first-order chi connectivity index (χ1) is 8.83. The van der Waals surface area contributed by atoms with Crippen LogP contribution in [0.5, 0.6) is 0 Å². The van der Waals surface area contributed by atoms with Gasteiger partial charge in [-0.1, -0.05) is 11.5 Å². The van der Waals surface area contributed by atoms with Gasteiger partial charge in [0.1, 0.15) is 0 Å². The summed E-state index contributed by atoms with van der Waals surface area (Å²) in [6.07, 6.45) is 6.29. The van der Waals surface area contributed by atoms with E-state index in [1.807, 2.05) is 6.07 Å². The van der Waals surface area contributed by atoms with Gasteiger partial charge >= 0.3 is 6.01 Å². The van der Waals surface area contributed by atoms with Gasteiger partial charge in [-0.05, 0) is 25.0 Å². The van der Waals surface area contributed by atoms with Crippen LogP contribution in [0.1, 0.15) is 19.3 Å². The molecule has 0 spiro atoms. The lowest BCUT2D eigenvalue weighted by Crippen LogP contribution is -2.28. The molecule has 1 fully saturated rings. The maximum absolute atomic E-state index is 11.7. The number of hydrogen-bond donors (Lipinski definition) is 1. The Hall–Kier alpha value is -2.24. The van der Waals surface area contributed by atoms with Crippen molar-refractivity contribution in [3.8, 4) is 11.5 Å². The van der Waals surface area contributed by atoms with E-state index >= 15 is 0 Å². The molecule has 1 N–H and O–H groups in total. The van der Waals surface area contributed by atoms with Crippen molar-refractivity contribution >= 4 is 11.9 Å². The molecule has 1 aliphatic rings. The van der Waals surface area contributed by atoms with Crippen molar-refractivity contribution in [2.24, 2.45) is 5.92 Å². The Kier molecular flexibility index (Phi) is 2.76. The van der Waals surface area contributed by atoms with Crippen molar-refractivity contribution in [3.63, 3.8) is 0 Å². The van der Waals surface area contributed by atoms with Gasteiger partial charge in [0.15, 0.2) is 0 Å². The van der Waals surface area contributed by atoms with Crippen LogP contribution in [0.3, 0.4) is 0 Å². The first kappa shape index (κ1) is 10.9. The van der Waals surface area contributed by atoms with E-state index in [9.17, 15) is 4.79 Å². The lowest BCUT2D eigenvalue weighted by atomic mass is 9.85. The third kappa shape index (κ3) is 2.09. The summed E-state index contributed by atoms with van der Waals surface area (Å²) in [5.41, 5.74) is 0.731. The highest BCUT2D eigenvalue weighted by Gasteiger charge is 2.26. The van der Waals surface area contributed by atoms with Gasteiger partial charge in [-0.25, -0.2) is 0 Å². The molecule has 2 aromatic heterocycles. The summed E-state index contributed by atoms with van der Waals surface area (Å²) in [5.74, 6) is 0.411. The second-order valence-electron chi connectivity index (χ2n) is 4.27. The summed E-state index contributed by atoms with van der Waals surface area (Å²) >= 11 is 0. The van der Waals surface area contributed by atoms with Crippen LogP contribution in [0.2, 0.25) is 0 Å². The highest BCUT2D eigenvalue weighted by Crippen LogP contribution is 2.27. The predicted octanol–water partition coefficient (Wildman–Crippen LogP) is 1.87. The fraction of sp³-hybridized carbons (Fsp3) is 0.333. The monoisotopic (exact) mass is 244 g/mol. The molecule has 0 radical (unpaired) electrons. The van der Waals surface area contributed by atoms with E-state index < -0.39 is 0 Å². The molecule has 3 rings (SSSR count). The van der Waals surface area contributed by atoms with Crippen molar-refractivity contribution in [1.29, 1.82) is 0 Å². The molecular formula is C12H12N4O2. The van der Waals surface area contributed by atoms with E-state index in [0.717, 1.165) is 24.8 Å². The van der Waals surface area contributed by atoms with E-state index in [2.05, 4.69) is 20.5 Å². The molecule has 6 heteroatoms. The van der Waals surface area contributed by atoms with E-state index in [0.29, 0.717) is 5.89 Å². The van der Waals surface area contributed by atoms with Gasteiger partial charge < -0.3 is 4.42 Å². The summed E-state index contributed by atoms with van der Waals surface area (Å²) in [6.45, 7) is 0. The molecular weight excluding hydrogens is 232 g/mol. The summed E-state index contributed by atoms with van der Waals surface area (Å²) in [4.78, 5) is 15.7. The lowest BCUT2D eigenvalue weighted by Gasteiger charge is -2.22. The van der Waals surface area contributed by atoms with Gasteiger partial charge in [-0.15, -0.1) is 5.10 Å². The zero-order chi connectivity index (χ0) is 12.4. The number of aromatic nitrogens is 3. The normalized spacial score (nSPS) is 15.1. The molecule has 6 nitrogen and oxygen atoms in total. The Balaban J connectivity index is 1.71. The van der Waals surface area contributed by atoms with Crippen LogP contribution in [0.25, 0.3) is 11.5 Å². The second-order valence-corrected chi connectivity index (χ2v) is 4.27. The SMILES string of the molecule is O=C(Nc1nnc(-c2cccnc2)o1)C1CCC1. The van der Waals surface area contributed by atoms with E-state index in [-0.39, 0.29) is 17.8 Å². The van der Waals surface area contributed by atoms with E-state index in [1.54, 1.807) is 18.5 Å². The number of rotatable bonds is 3. The molecule has 0 aliphatic heterocycles. The van der Waals surface area contributed by atoms with E-state index in [1.165, 1.54) is 0 Å². The van der Waals surface area contributed by atoms with Crippen molar-refractivity contribution in [2.75, 3.05) is 5.32 Å². The van der Waals surface area contributed by atoms with Crippen molar-refractivity contribution < 1.29 is 9.21 Å². The minimum absolute atomic E-state index is 0.0392. The maximum atomic E-state index is 11.7. The fourth-order valence-electron chi connectivity index (χ4n) is 1.76. The third-order valence-corrected chi connectivity index (χ3v) is 3.04. The number of anilines is 1. The molecule has 1 amide bonds. The minimum atomic E-state index is -0.0392. The molecule has 1 aliphatic carbocycles. The van der Waals surface area contributed by atoms with Gasteiger partial charge in [0.2, 0.25) is 5.91 Å². The number of nitrogens with one attached hydrogen (secondary N) is 1. The van der Waals surface area contributed by atoms with Crippen LogP contribution < -0.4 is 5.32 Å². The average molecular weight is 244 g/mol. The standard InChI is InChI=1S/C12H12N4O2/c17-10(8-3-1-4-8)14-12-16-15-11(18-12)9-5-2-6-13-7-9/h2,5-8H,1,3-4H2,(H,14,16,17). The largest absolute Gasteiger partial charge is 0.403 e.